The van der Waals surface area contributed by atoms with Gasteiger partial charge in [0.25, 0.3) is 0 Å². The van der Waals surface area contributed by atoms with Crippen LogP contribution in [0.2, 0.25) is 0 Å². The van der Waals surface area contributed by atoms with Gasteiger partial charge in [-0.25, -0.2) is 0 Å². The fraction of sp³-hybridized carbons (Fsp3) is 0.333. The minimum atomic E-state index is -0.883. The van der Waals surface area contributed by atoms with Gasteiger partial charge in [0.1, 0.15) is 0 Å². The summed E-state index contributed by atoms with van der Waals surface area (Å²) in [4.78, 5) is 24.2. The fourth-order valence-electron chi connectivity index (χ4n) is 1.80. The summed E-state index contributed by atoms with van der Waals surface area (Å²) in [7, 11) is 1.67. The molecule has 1 aromatic rings. The summed E-state index contributed by atoms with van der Waals surface area (Å²) in [5, 5.41) is 8.79. The predicted molar refractivity (Wildman–Crippen MR) is 66.8 cm³/mol. The number of nitrogens with zero attached hydrogens (tertiary/aromatic N) is 1. The van der Waals surface area contributed by atoms with E-state index in [0.29, 0.717) is 6.42 Å². The van der Waals surface area contributed by atoms with Crippen LogP contribution in [-0.4, -0.2) is 24.0 Å². The fourth-order valence-corrected chi connectivity index (χ4v) is 2.19. The van der Waals surface area contributed by atoms with Gasteiger partial charge in [-0.1, -0.05) is 22.0 Å². The summed E-state index contributed by atoms with van der Waals surface area (Å²) in [6.45, 7) is 0. The summed E-state index contributed by atoms with van der Waals surface area (Å²) in [6, 6.07) is 7.36. The Balaban J connectivity index is 2.09. The zero-order valence-corrected chi connectivity index (χ0v) is 10.8. The molecule has 5 heteroatoms. The number of halogens is 1. The molecule has 90 valence electrons. The molecule has 2 unspecified atom stereocenters. The number of carbonyl (C=O) groups is 2. The van der Waals surface area contributed by atoms with Gasteiger partial charge in [-0.05, 0) is 24.6 Å². The van der Waals surface area contributed by atoms with Crippen molar-refractivity contribution in [3.8, 4) is 0 Å². The first-order valence-corrected chi connectivity index (χ1v) is 6.06. The topological polar surface area (TPSA) is 57.6 Å². The molecule has 0 aromatic heterocycles. The van der Waals surface area contributed by atoms with E-state index >= 15 is 0 Å². The summed E-state index contributed by atoms with van der Waals surface area (Å²) < 4.78 is 0.889. The standard InChI is InChI=1S/C12H12BrNO3/c1-14(8-4-2-3-7(13)5-8)11(15)9-6-10(9)12(16)17/h2-5,9-10H,6H2,1H3,(H,16,17). The van der Waals surface area contributed by atoms with Crippen LogP contribution < -0.4 is 4.90 Å². The Morgan fingerprint density at radius 1 is 1.41 bits per heavy atom. The average molecular weight is 298 g/mol. The van der Waals surface area contributed by atoms with Gasteiger partial charge >= 0.3 is 5.97 Å². The molecule has 17 heavy (non-hydrogen) atoms. The lowest BCUT2D eigenvalue weighted by Crippen LogP contribution is -2.28. The molecule has 0 aliphatic heterocycles. The first kappa shape index (κ1) is 12.1. The number of benzene rings is 1. The smallest absolute Gasteiger partial charge is 0.307 e. The second kappa shape index (κ2) is 4.49. The summed E-state index contributed by atoms with van der Waals surface area (Å²) in [5.74, 6) is -1.88. The van der Waals surface area contributed by atoms with E-state index in [1.807, 2.05) is 24.3 Å². The number of aliphatic carboxylic acids is 1. The van der Waals surface area contributed by atoms with Gasteiger partial charge in [0.2, 0.25) is 5.91 Å². The summed E-state index contributed by atoms with van der Waals surface area (Å²) in [6.07, 6.45) is 0.451. The number of amides is 1. The lowest BCUT2D eigenvalue weighted by molar-refractivity contribution is -0.139. The SMILES string of the molecule is CN(C(=O)C1CC1C(=O)O)c1cccc(Br)c1. The van der Waals surface area contributed by atoms with Crippen LogP contribution in [0.3, 0.4) is 0 Å². The van der Waals surface area contributed by atoms with Crippen LogP contribution in [0.5, 0.6) is 0 Å². The second-order valence-corrected chi connectivity index (χ2v) is 5.08. The van der Waals surface area contributed by atoms with Gasteiger partial charge in [0.05, 0.1) is 11.8 Å². The summed E-state index contributed by atoms with van der Waals surface area (Å²) >= 11 is 3.34. The van der Waals surface area contributed by atoms with Crippen molar-refractivity contribution in [2.75, 3.05) is 11.9 Å². The third-order valence-electron chi connectivity index (χ3n) is 2.95. The van der Waals surface area contributed by atoms with Gasteiger partial charge in [0.15, 0.2) is 0 Å². The first-order chi connectivity index (χ1) is 8.00. The van der Waals surface area contributed by atoms with E-state index in [1.165, 1.54) is 4.90 Å². The van der Waals surface area contributed by atoms with E-state index in [2.05, 4.69) is 15.9 Å². The van der Waals surface area contributed by atoms with E-state index in [0.717, 1.165) is 10.2 Å². The number of anilines is 1. The van der Waals surface area contributed by atoms with Gasteiger partial charge in [0, 0.05) is 17.2 Å². The monoisotopic (exact) mass is 297 g/mol. The molecule has 0 bridgehead atoms. The number of hydrogen-bond donors (Lipinski definition) is 1. The minimum absolute atomic E-state index is 0.129. The van der Waals surface area contributed by atoms with Crippen molar-refractivity contribution in [1.82, 2.24) is 0 Å². The Morgan fingerprint density at radius 3 is 2.65 bits per heavy atom. The van der Waals surface area contributed by atoms with Gasteiger partial charge in [-0.2, -0.15) is 0 Å². The van der Waals surface area contributed by atoms with E-state index < -0.39 is 11.9 Å². The van der Waals surface area contributed by atoms with Crippen molar-refractivity contribution in [1.29, 1.82) is 0 Å². The van der Waals surface area contributed by atoms with Crippen LogP contribution in [0.25, 0.3) is 0 Å². The molecule has 4 nitrogen and oxygen atoms in total. The molecular formula is C12H12BrNO3. The maximum atomic E-state index is 12.0. The number of hydrogen-bond acceptors (Lipinski definition) is 2. The van der Waals surface area contributed by atoms with E-state index in [1.54, 1.807) is 7.05 Å². The number of carboxylic acid groups (broad SMARTS) is 1. The molecule has 1 aromatic carbocycles. The highest BCUT2D eigenvalue weighted by molar-refractivity contribution is 9.10. The third-order valence-corrected chi connectivity index (χ3v) is 3.44. The summed E-state index contributed by atoms with van der Waals surface area (Å²) in [5.41, 5.74) is 0.764. The van der Waals surface area contributed by atoms with Crippen molar-refractivity contribution in [2.45, 2.75) is 6.42 Å². The van der Waals surface area contributed by atoms with Crippen molar-refractivity contribution in [3.05, 3.63) is 28.7 Å². The number of carboxylic acids is 1. The lowest BCUT2D eigenvalue weighted by Gasteiger charge is -2.17. The Morgan fingerprint density at radius 2 is 2.12 bits per heavy atom. The van der Waals surface area contributed by atoms with Crippen LogP contribution in [-0.2, 0) is 9.59 Å². The number of rotatable bonds is 3. The van der Waals surface area contributed by atoms with Crippen LogP contribution >= 0.6 is 15.9 Å². The van der Waals surface area contributed by atoms with Crippen molar-refractivity contribution < 1.29 is 14.7 Å². The Bertz CT molecular complexity index is 475. The Labute approximate surface area is 107 Å². The molecule has 2 atom stereocenters. The Kier molecular flexibility index (Phi) is 3.19. The molecule has 1 saturated carbocycles. The Hall–Kier alpha value is -1.36. The van der Waals surface area contributed by atoms with Crippen LogP contribution in [0, 0.1) is 11.8 Å². The normalized spacial score (nSPS) is 22.0. The lowest BCUT2D eigenvalue weighted by atomic mass is 10.2. The van der Waals surface area contributed by atoms with Crippen molar-refractivity contribution in [2.24, 2.45) is 11.8 Å². The highest BCUT2D eigenvalue weighted by Crippen LogP contribution is 2.40. The molecule has 0 saturated heterocycles. The highest BCUT2D eigenvalue weighted by Gasteiger charge is 2.49. The maximum absolute atomic E-state index is 12.0. The molecule has 0 heterocycles. The van der Waals surface area contributed by atoms with E-state index in [-0.39, 0.29) is 11.8 Å². The largest absolute Gasteiger partial charge is 0.481 e. The zero-order chi connectivity index (χ0) is 12.6. The highest BCUT2D eigenvalue weighted by atomic mass is 79.9. The molecule has 0 spiro atoms. The zero-order valence-electron chi connectivity index (χ0n) is 9.26. The van der Waals surface area contributed by atoms with Crippen molar-refractivity contribution >= 4 is 33.5 Å². The van der Waals surface area contributed by atoms with Gasteiger partial charge < -0.3 is 10.0 Å². The molecular weight excluding hydrogens is 286 g/mol. The minimum Gasteiger partial charge on any atom is -0.481 e. The van der Waals surface area contributed by atoms with Crippen LogP contribution in [0.1, 0.15) is 6.42 Å². The van der Waals surface area contributed by atoms with Gasteiger partial charge in [-0.15, -0.1) is 0 Å². The van der Waals surface area contributed by atoms with Crippen LogP contribution in [0.15, 0.2) is 28.7 Å². The van der Waals surface area contributed by atoms with Gasteiger partial charge in [-0.3, -0.25) is 9.59 Å². The average Bonchev–Trinajstić information content (AvgIpc) is 3.07. The van der Waals surface area contributed by atoms with Crippen molar-refractivity contribution in [3.63, 3.8) is 0 Å². The molecule has 1 aliphatic rings. The molecule has 1 fully saturated rings. The van der Waals surface area contributed by atoms with E-state index in [9.17, 15) is 9.59 Å². The molecule has 0 radical (unpaired) electrons. The molecule has 1 N–H and O–H groups in total. The first-order valence-electron chi connectivity index (χ1n) is 5.26. The molecule has 2 rings (SSSR count). The predicted octanol–water partition coefficient (Wildman–Crippen LogP) is 2.13. The number of carbonyl (C=O) groups excluding carboxylic acids is 1. The second-order valence-electron chi connectivity index (χ2n) is 4.16. The van der Waals surface area contributed by atoms with E-state index in [4.69, 9.17) is 5.11 Å². The molecule has 1 amide bonds. The van der Waals surface area contributed by atoms with Crippen LogP contribution in [0.4, 0.5) is 5.69 Å². The quantitative estimate of drug-likeness (QED) is 0.930. The molecule has 1 aliphatic carbocycles. The third kappa shape index (κ3) is 2.49. The maximum Gasteiger partial charge on any atom is 0.307 e.